The Hall–Kier alpha value is 2.47. The molecule has 3 rings (SSSR count). The summed E-state index contributed by atoms with van der Waals surface area (Å²) in [6.45, 7) is 4.92. The van der Waals surface area contributed by atoms with Crippen molar-refractivity contribution >= 4 is 37.2 Å². The van der Waals surface area contributed by atoms with E-state index in [2.05, 4.69) is 75.4 Å². The van der Waals surface area contributed by atoms with E-state index >= 15 is 0 Å². The van der Waals surface area contributed by atoms with Crippen molar-refractivity contribution in [2.24, 2.45) is 17.3 Å². The molecule has 3 aliphatic carbocycles. The van der Waals surface area contributed by atoms with E-state index in [1.807, 2.05) is 0 Å². The van der Waals surface area contributed by atoms with Gasteiger partial charge in [0.05, 0.1) is 6.10 Å². The van der Waals surface area contributed by atoms with Gasteiger partial charge in [0.2, 0.25) is 0 Å². The van der Waals surface area contributed by atoms with Crippen molar-refractivity contribution in [3.05, 3.63) is 35.5 Å². The molecule has 0 aromatic heterocycles. The Bertz CT molecular complexity index is 489. The topological polar surface area (TPSA) is 20.2 Å². The van der Waals surface area contributed by atoms with E-state index in [4.69, 9.17) is 0 Å². The van der Waals surface area contributed by atoms with Crippen LogP contribution in [0.2, 0.25) is 0 Å². The third-order valence-corrected chi connectivity index (χ3v) is 6.04. The fourth-order valence-corrected chi connectivity index (χ4v) is 4.42. The minimum absolute atomic E-state index is 0. The predicted molar refractivity (Wildman–Crippen MR) is 111 cm³/mol. The summed E-state index contributed by atoms with van der Waals surface area (Å²) in [5, 5.41) is 9.73. The molecule has 1 saturated carbocycles. The molecular formula is C19H27I3OY-2. The third-order valence-electron chi connectivity index (χ3n) is 6.04. The zero-order valence-electron chi connectivity index (χ0n) is 14.6. The van der Waals surface area contributed by atoms with Gasteiger partial charge < -0.3 is 5.11 Å². The molecule has 0 aromatic rings. The molecule has 135 valence electrons. The summed E-state index contributed by atoms with van der Waals surface area (Å²) in [7, 11) is 0. The zero-order chi connectivity index (χ0) is 16.9. The van der Waals surface area contributed by atoms with Crippen LogP contribution in [0, 0.1) is 23.3 Å². The normalized spacial score (nSPS) is 35.5. The molecule has 1 fully saturated rings. The van der Waals surface area contributed by atoms with E-state index in [1.54, 1.807) is 0 Å². The summed E-state index contributed by atoms with van der Waals surface area (Å²) in [6.07, 6.45) is 18.1. The molecular weight excluding hydrogens is 714 g/mol. The first-order chi connectivity index (χ1) is 11.0. The average molecular weight is 741 g/mol. The van der Waals surface area contributed by atoms with E-state index in [1.165, 1.54) is 36.8 Å². The molecule has 0 spiro atoms. The third kappa shape index (κ3) is 6.52. The van der Waals surface area contributed by atoms with Crippen LogP contribution in [0.3, 0.4) is 0 Å². The number of aliphatic hydroxyl groups is 1. The van der Waals surface area contributed by atoms with Gasteiger partial charge >= 0.3 is 50.5 Å². The molecule has 0 saturated heterocycles. The summed E-state index contributed by atoms with van der Waals surface area (Å²) < 4.78 is 0. The molecule has 0 aromatic carbocycles. The molecule has 0 heterocycles. The number of rotatable bonds is 2. The molecule has 4 atom stereocenters. The van der Waals surface area contributed by atoms with Crippen LogP contribution in [0.1, 0.15) is 58.8 Å². The number of hydrogen-bond acceptors (Lipinski definition) is 1. The largest absolute Gasteiger partial charge is 0 e. The SMILES string of the molecule is CC1CCC2C(/C=C\C3=[C-]CC[C@H](O)C3)=CCCC12C.I[I-]I.[Y]. The molecule has 3 aliphatic rings. The fourth-order valence-electron chi connectivity index (χ4n) is 4.42. The molecule has 3 unspecified atom stereocenters. The second-order valence-electron chi connectivity index (χ2n) is 7.27. The molecule has 5 heteroatoms. The maximum Gasteiger partial charge on any atom is 0 e. The number of aliphatic hydroxyl groups excluding tert-OH is 1. The van der Waals surface area contributed by atoms with E-state index in [0.717, 1.165) is 31.1 Å². The Morgan fingerprint density at radius 1 is 1.29 bits per heavy atom. The summed E-state index contributed by atoms with van der Waals surface area (Å²) in [5.74, 6) is 1.60. The minimum Gasteiger partial charge on any atom is 0 e. The van der Waals surface area contributed by atoms with Gasteiger partial charge in [-0.05, 0) is 55.8 Å². The van der Waals surface area contributed by atoms with Crippen LogP contribution in [0.4, 0.5) is 0 Å². The number of hydrogen-bond donors (Lipinski definition) is 1. The number of fused-ring (bicyclic) bond motifs is 1. The second kappa shape index (κ2) is 12.1. The molecule has 1 N–H and O–H groups in total. The van der Waals surface area contributed by atoms with Crippen molar-refractivity contribution in [1.82, 2.24) is 0 Å². The van der Waals surface area contributed by atoms with Crippen LogP contribution >= 0.6 is 37.2 Å². The van der Waals surface area contributed by atoms with Gasteiger partial charge in [0.25, 0.3) is 0 Å². The molecule has 0 amide bonds. The average Bonchev–Trinajstić information content (AvgIpc) is 2.82. The van der Waals surface area contributed by atoms with E-state index in [0.29, 0.717) is 18.7 Å². The Balaban J connectivity index is 0.000000671. The van der Waals surface area contributed by atoms with Gasteiger partial charge in [-0.25, -0.2) is 11.6 Å². The van der Waals surface area contributed by atoms with Crippen molar-refractivity contribution in [1.29, 1.82) is 0 Å². The monoisotopic (exact) mass is 741 g/mol. The zero-order valence-corrected chi connectivity index (χ0v) is 23.9. The van der Waals surface area contributed by atoms with Gasteiger partial charge in [-0.1, -0.05) is 25.5 Å². The van der Waals surface area contributed by atoms with Crippen molar-refractivity contribution in [3.8, 4) is 0 Å². The number of allylic oxidation sites excluding steroid dienone is 5. The Morgan fingerprint density at radius 3 is 2.67 bits per heavy atom. The summed E-state index contributed by atoms with van der Waals surface area (Å²) in [5.41, 5.74) is 3.25. The molecule has 24 heavy (non-hydrogen) atoms. The summed E-state index contributed by atoms with van der Waals surface area (Å²) in [4.78, 5) is 0. The maximum atomic E-state index is 9.73. The first-order valence-electron chi connectivity index (χ1n) is 8.54. The first kappa shape index (κ1) is 24.5. The van der Waals surface area contributed by atoms with Crippen LogP contribution in [0.5, 0.6) is 0 Å². The second-order valence-corrected chi connectivity index (χ2v) is 23.5. The van der Waals surface area contributed by atoms with Crippen molar-refractivity contribution in [2.75, 3.05) is 0 Å². The number of halogens is 3. The van der Waals surface area contributed by atoms with Gasteiger partial charge in [-0.2, -0.15) is 0 Å². The van der Waals surface area contributed by atoms with E-state index in [9.17, 15) is 5.11 Å². The van der Waals surface area contributed by atoms with Gasteiger partial charge in [0.1, 0.15) is 0 Å². The first-order valence-corrected chi connectivity index (χ1v) is 21.1. The van der Waals surface area contributed by atoms with Gasteiger partial charge in [0, 0.05) is 32.7 Å². The Morgan fingerprint density at radius 2 is 2.00 bits per heavy atom. The van der Waals surface area contributed by atoms with Crippen LogP contribution in [-0.2, 0) is 32.7 Å². The molecule has 0 bridgehead atoms. The minimum atomic E-state index is -0.159. The van der Waals surface area contributed by atoms with Crippen LogP contribution in [0.25, 0.3) is 0 Å². The standard InChI is InChI=1S/C19H27O.I3.Y/c1-14-8-11-18-16(6-4-12-19(14,18)2)10-9-15-5-3-7-17(20)13-15;1-3-2;/h6,9-10,14,17-18,20H,3-4,7-8,11-13H2,1-2H3;;/q2*-1;/b10-9-;;/t14?,17-,18?,19?;;/m0../s1. The van der Waals surface area contributed by atoms with Crippen molar-refractivity contribution < 1.29 is 51.1 Å². The molecule has 1 nitrogen and oxygen atoms in total. The maximum absolute atomic E-state index is 9.73. The molecule has 1 radical (unpaired) electrons. The van der Waals surface area contributed by atoms with Crippen molar-refractivity contribution in [3.63, 3.8) is 0 Å². The van der Waals surface area contributed by atoms with Gasteiger partial charge in [-0.15, -0.1) is 12.5 Å². The summed E-state index contributed by atoms with van der Waals surface area (Å²) >= 11 is 5.30. The van der Waals surface area contributed by atoms with E-state index in [-0.39, 0.29) is 38.8 Å². The van der Waals surface area contributed by atoms with Gasteiger partial charge in [0.15, 0.2) is 0 Å². The van der Waals surface area contributed by atoms with Crippen molar-refractivity contribution in [2.45, 2.75) is 64.9 Å². The molecule has 0 aliphatic heterocycles. The fraction of sp³-hybridized carbons (Fsp3) is 0.684. The smallest absolute Gasteiger partial charge is 0 e. The van der Waals surface area contributed by atoms with E-state index < -0.39 is 0 Å². The van der Waals surface area contributed by atoms with Gasteiger partial charge in [-0.3, -0.25) is 6.08 Å². The Kier molecular flexibility index (Phi) is 12.4. The predicted octanol–water partition coefficient (Wildman–Crippen LogP) is 3.36. The Labute approximate surface area is 202 Å². The van der Waals surface area contributed by atoms with Crippen LogP contribution in [0.15, 0.2) is 29.4 Å². The van der Waals surface area contributed by atoms with Crippen LogP contribution in [-0.4, -0.2) is 11.2 Å². The van der Waals surface area contributed by atoms with Crippen LogP contribution < -0.4 is 13.3 Å². The quantitative estimate of drug-likeness (QED) is 0.341. The summed E-state index contributed by atoms with van der Waals surface area (Å²) in [6, 6.07) is 0.